The fraction of sp³-hybridized carbons (Fsp3) is 0.176. The molecule has 0 aliphatic heterocycles. The fourth-order valence-electron chi connectivity index (χ4n) is 1.99. The molecule has 2 N–H and O–H groups in total. The first-order valence-corrected chi connectivity index (χ1v) is 7.66. The van der Waals surface area contributed by atoms with Crippen LogP contribution in [0.25, 0.3) is 0 Å². The average molecular weight is 333 g/mol. The van der Waals surface area contributed by atoms with Crippen LogP contribution in [0.5, 0.6) is 0 Å². The Bertz CT molecular complexity index is 716. The number of thiocarbonyl (C=S) groups is 1. The van der Waals surface area contributed by atoms with Crippen LogP contribution in [0.1, 0.15) is 16.7 Å². The molecule has 2 aromatic carbocycles. The molecule has 0 atom stereocenters. The second-order valence-corrected chi connectivity index (χ2v) is 5.88. The Balaban J connectivity index is 1.92. The zero-order valence-corrected chi connectivity index (χ0v) is 14.0. The number of hydrogen-bond donors (Lipinski definition) is 2. The van der Waals surface area contributed by atoms with E-state index in [1.54, 1.807) is 6.07 Å². The van der Waals surface area contributed by atoms with E-state index in [-0.39, 0.29) is 11.0 Å². The van der Waals surface area contributed by atoms with Gasteiger partial charge >= 0.3 is 0 Å². The van der Waals surface area contributed by atoms with E-state index in [4.69, 9.17) is 23.8 Å². The molecule has 0 radical (unpaired) electrons. The van der Waals surface area contributed by atoms with Crippen LogP contribution in [-0.4, -0.2) is 11.0 Å². The molecule has 0 saturated carbocycles. The van der Waals surface area contributed by atoms with Gasteiger partial charge < -0.3 is 10.6 Å². The third kappa shape index (κ3) is 4.55. The highest BCUT2D eigenvalue weighted by Gasteiger charge is 2.08. The number of amides is 1. The quantitative estimate of drug-likeness (QED) is 0.834. The normalized spacial score (nSPS) is 10.1. The number of aryl methyl sites for hydroxylation is 2. The van der Waals surface area contributed by atoms with Crippen LogP contribution < -0.4 is 10.6 Å². The molecule has 2 aromatic rings. The van der Waals surface area contributed by atoms with Gasteiger partial charge in [0, 0.05) is 10.7 Å². The molecule has 114 valence electrons. The molecule has 0 aliphatic carbocycles. The van der Waals surface area contributed by atoms with Gasteiger partial charge in [0.1, 0.15) is 0 Å². The summed E-state index contributed by atoms with van der Waals surface area (Å²) in [6.45, 7) is 3.90. The van der Waals surface area contributed by atoms with Crippen molar-refractivity contribution in [3.05, 3.63) is 64.2 Å². The maximum Gasteiger partial charge on any atom is 0.230 e. The minimum atomic E-state index is -0.148. The fourth-order valence-corrected chi connectivity index (χ4v) is 2.40. The molecule has 0 aromatic heterocycles. The molecule has 5 heteroatoms. The van der Waals surface area contributed by atoms with Gasteiger partial charge in [0.15, 0.2) is 5.11 Å². The topological polar surface area (TPSA) is 41.1 Å². The molecule has 1 amide bonds. The van der Waals surface area contributed by atoms with E-state index < -0.39 is 0 Å². The first-order valence-electron chi connectivity index (χ1n) is 6.87. The second kappa shape index (κ2) is 7.38. The third-order valence-corrected chi connectivity index (χ3v) is 3.91. The van der Waals surface area contributed by atoms with Gasteiger partial charge in [-0.25, -0.2) is 0 Å². The Morgan fingerprint density at radius 3 is 2.55 bits per heavy atom. The molecule has 0 bridgehead atoms. The third-order valence-electron chi connectivity index (χ3n) is 3.29. The molecular formula is C17H17ClN2OS. The highest BCUT2D eigenvalue weighted by Crippen LogP contribution is 2.19. The lowest BCUT2D eigenvalue weighted by Gasteiger charge is -2.11. The zero-order chi connectivity index (χ0) is 16.1. The molecule has 0 heterocycles. The van der Waals surface area contributed by atoms with E-state index in [0.29, 0.717) is 11.4 Å². The number of carbonyl (C=O) groups excluding carboxylic acids is 1. The zero-order valence-electron chi connectivity index (χ0n) is 12.4. The van der Waals surface area contributed by atoms with Crippen LogP contribution in [-0.2, 0) is 11.2 Å². The van der Waals surface area contributed by atoms with E-state index >= 15 is 0 Å². The monoisotopic (exact) mass is 332 g/mol. The van der Waals surface area contributed by atoms with Gasteiger partial charge in [0.2, 0.25) is 5.91 Å². The molecule has 3 nitrogen and oxygen atoms in total. The smallest absolute Gasteiger partial charge is 0.230 e. The molecule has 2 rings (SSSR count). The van der Waals surface area contributed by atoms with Crippen molar-refractivity contribution in [2.45, 2.75) is 20.3 Å². The summed E-state index contributed by atoms with van der Waals surface area (Å²) in [5, 5.41) is 6.55. The van der Waals surface area contributed by atoms with Crippen LogP contribution in [0.4, 0.5) is 5.69 Å². The SMILES string of the molecule is Cc1ccc(NC(=S)NC(=O)Cc2ccccc2C)cc1Cl. The summed E-state index contributed by atoms with van der Waals surface area (Å²) in [7, 11) is 0. The number of benzene rings is 2. The first kappa shape index (κ1) is 16.5. The molecule has 22 heavy (non-hydrogen) atoms. The lowest BCUT2D eigenvalue weighted by atomic mass is 10.1. The van der Waals surface area contributed by atoms with Crippen LogP contribution in [0, 0.1) is 13.8 Å². The van der Waals surface area contributed by atoms with E-state index in [1.807, 2.05) is 50.2 Å². The number of anilines is 1. The van der Waals surface area contributed by atoms with Crippen molar-refractivity contribution in [2.24, 2.45) is 0 Å². The summed E-state index contributed by atoms with van der Waals surface area (Å²) in [6, 6.07) is 13.3. The number of nitrogens with one attached hydrogen (secondary N) is 2. The predicted octanol–water partition coefficient (Wildman–Crippen LogP) is 4.01. The Labute approximate surface area is 140 Å². The van der Waals surface area contributed by atoms with Crippen molar-refractivity contribution < 1.29 is 4.79 Å². The largest absolute Gasteiger partial charge is 0.332 e. The van der Waals surface area contributed by atoms with Gasteiger partial charge in [-0.3, -0.25) is 4.79 Å². The Morgan fingerprint density at radius 2 is 1.86 bits per heavy atom. The van der Waals surface area contributed by atoms with E-state index in [9.17, 15) is 4.79 Å². The summed E-state index contributed by atoms with van der Waals surface area (Å²) in [6.07, 6.45) is 0.295. The van der Waals surface area contributed by atoms with Gasteiger partial charge in [-0.1, -0.05) is 41.9 Å². The highest BCUT2D eigenvalue weighted by atomic mass is 35.5. The Kier molecular flexibility index (Phi) is 5.52. The maximum atomic E-state index is 12.0. The van der Waals surface area contributed by atoms with Gasteiger partial charge in [0.05, 0.1) is 6.42 Å². The van der Waals surface area contributed by atoms with Gasteiger partial charge in [-0.05, 0) is 54.9 Å². The molecule has 0 fully saturated rings. The molecular weight excluding hydrogens is 316 g/mol. The number of carbonyl (C=O) groups is 1. The standard InChI is InChI=1S/C17H17ClN2OS/c1-11-5-3-4-6-13(11)9-16(21)20-17(22)19-14-8-7-12(2)15(18)10-14/h3-8,10H,9H2,1-2H3,(H2,19,20,21,22). The van der Waals surface area contributed by atoms with Crippen molar-refractivity contribution in [3.63, 3.8) is 0 Å². The minimum absolute atomic E-state index is 0.148. The van der Waals surface area contributed by atoms with Crippen LogP contribution in [0.3, 0.4) is 0 Å². The Hall–Kier alpha value is -1.91. The number of halogens is 1. The van der Waals surface area contributed by atoms with E-state index in [1.165, 1.54) is 0 Å². The van der Waals surface area contributed by atoms with Crippen molar-refractivity contribution >= 4 is 40.5 Å². The Morgan fingerprint density at radius 1 is 1.14 bits per heavy atom. The average Bonchev–Trinajstić information content (AvgIpc) is 2.45. The molecule has 0 unspecified atom stereocenters. The van der Waals surface area contributed by atoms with Crippen LogP contribution in [0.2, 0.25) is 5.02 Å². The van der Waals surface area contributed by atoms with Gasteiger partial charge in [-0.15, -0.1) is 0 Å². The summed E-state index contributed by atoms with van der Waals surface area (Å²) < 4.78 is 0. The molecule has 0 spiro atoms. The summed E-state index contributed by atoms with van der Waals surface area (Å²) >= 11 is 11.2. The summed E-state index contributed by atoms with van der Waals surface area (Å²) in [4.78, 5) is 12.0. The molecule has 0 saturated heterocycles. The summed E-state index contributed by atoms with van der Waals surface area (Å²) in [5.74, 6) is -0.148. The highest BCUT2D eigenvalue weighted by molar-refractivity contribution is 7.80. The van der Waals surface area contributed by atoms with Crippen molar-refractivity contribution in [1.82, 2.24) is 5.32 Å². The number of hydrogen-bond acceptors (Lipinski definition) is 2. The van der Waals surface area contributed by atoms with Crippen LogP contribution >= 0.6 is 23.8 Å². The van der Waals surface area contributed by atoms with Crippen molar-refractivity contribution in [2.75, 3.05) is 5.32 Å². The van der Waals surface area contributed by atoms with E-state index in [0.717, 1.165) is 22.4 Å². The van der Waals surface area contributed by atoms with Crippen molar-refractivity contribution in [3.8, 4) is 0 Å². The van der Waals surface area contributed by atoms with Gasteiger partial charge in [-0.2, -0.15) is 0 Å². The first-order chi connectivity index (χ1) is 10.5. The van der Waals surface area contributed by atoms with Crippen molar-refractivity contribution in [1.29, 1.82) is 0 Å². The summed E-state index contributed by atoms with van der Waals surface area (Å²) in [5.41, 5.74) is 3.81. The lowest BCUT2D eigenvalue weighted by Crippen LogP contribution is -2.35. The number of rotatable bonds is 3. The predicted molar refractivity (Wildman–Crippen MR) is 95.4 cm³/mol. The van der Waals surface area contributed by atoms with Crippen LogP contribution in [0.15, 0.2) is 42.5 Å². The lowest BCUT2D eigenvalue weighted by molar-refractivity contribution is -0.119. The maximum absolute atomic E-state index is 12.0. The van der Waals surface area contributed by atoms with E-state index in [2.05, 4.69) is 10.6 Å². The molecule has 0 aliphatic rings. The minimum Gasteiger partial charge on any atom is -0.332 e. The van der Waals surface area contributed by atoms with Gasteiger partial charge in [0.25, 0.3) is 0 Å². The second-order valence-electron chi connectivity index (χ2n) is 5.07.